The summed E-state index contributed by atoms with van der Waals surface area (Å²) >= 11 is 0. The molecule has 0 saturated carbocycles. The van der Waals surface area contributed by atoms with Crippen molar-refractivity contribution in [1.29, 1.82) is 0 Å². The van der Waals surface area contributed by atoms with Crippen LogP contribution in [0.4, 0.5) is 10.1 Å². The molecule has 0 aliphatic rings. The molecule has 0 spiro atoms. The van der Waals surface area contributed by atoms with Crippen LogP contribution in [0, 0.1) is 19.7 Å². The zero-order valence-electron chi connectivity index (χ0n) is 14.5. The molecule has 0 aliphatic carbocycles. The third-order valence-corrected chi connectivity index (χ3v) is 5.14. The molecule has 3 rings (SSSR count). The molecule has 1 N–H and O–H groups in total. The van der Waals surface area contributed by atoms with E-state index >= 15 is 0 Å². The average Bonchev–Trinajstić information content (AvgIpc) is 2.61. The third-order valence-electron chi connectivity index (χ3n) is 3.73. The summed E-state index contributed by atoms with van der Waals surface area (Å²) in [5.41, 5.74) is 2.07. The number of para-hydroxylation sites is 2. The highest BCUT2D eigenvalue weighted by Crippen LogP contribution is 2.49. The maximum Gasteiger partial charge on any atom is 0.541 e. The lowest BCUT2D eigenvalue weighted by Crippen LogP contribution is -2.11. The van der Waals surface area contributed by atoms with Crippen molar-refractivity contribution in [2.45, 2.75) is 13.8 Å². The summed E-state index contributed by atoms with van der Waals surface area (Å²) in [6.07, 6.45) is 0. The van der Waals surface area contributed by atoms with Gasteiger partial charge in [-0.2, -0.15) is 0 Å². The van der Waals surface area contributed by atoms with E-state index in [1.807, 2.05) is 38.1 Å². The maximum atomic E-state index is 13.5. The van der Waals surface area contributed by atoms with Gasteiger partial charge >= 0.3 is 7.75 Å². The van der Waals surface area contributed by atoms with Crippen LogP contribution < -0.4 is 14.1 Å². The molecule has 0 unspecified atom stereocenters. The highest BCUT2D eigenvalue weighted by Gasteiger charge is 2.30. The van der Waals surface area contributed by atoms with Gasteiger partial charge in [0.15, 0.2) is 0 Å². The second-order valence-electron chi connectivity index (χ2n) is 5.83. The highest BCUT2D eigenvalue weighted by atomic mass is 31.2. The summed E-state index contributed by atoms with van der Waals surface area (Å²) < 4.78 is 38.1. The second-order valence-corrected chi connectivity index (χ2v) is 7.41. The molecule has 0 heterocycles. The summed E-state index contributed by atoms with van der Waals surface area (Å²) in [5, 5.41) is 2.78. The molecular weight excluding hydrogens is 352 g/mol. The number of anilines is 1. The molecule has 3 aromatic carbocycles. The van der Waals surface area contributed by atoms with Crippen LogP contribution in [0.1, 0.15) is 11.1 Å². The number of rotatable bonds is 6. The van der Waals surface area contributed by atoms with Gasteiger partial charge in [0.05, 0.1) is 0 Å². The smallest absolute Gasteiger partial charge is 0.400 e. The lowest BCUT2D eigenvalue weighted by Gasteiger charge is -2.22. The van der Waals surface area contributed by atoms with Crippen LogP contribution in [-0.4, -0.2) is 0 Å². The Bertz CT molecular complexity index is 892. The number of nitrogens with one attached hydrogen (secondary N) is 1. The first kappa shape index (κ1) is 18.0. The molecule has 0 radical (unpaired) electrons. The van der Waals surface area contributed by atoms with Crippen LogP contribution >= 0.6 is 7.75 Å². The fraction of sp³-hybridized carbons (Fsp3) is 0.100. The number of benzene rings is 3. The molecule has 0 fully saturated rings. The van der Waals surface area contributed by atoms with Crippen molar-refractivity contribution in [3.63, 3.8) is 0 Å². The molecule has 0 amide bonds. The van der Waals surface area contributed by atoms with Crippen LogP contribution in [-0.2, 0) is 4.57 Å². The number of hydrogen-bond donors (Lipinski definition) is 1. The summed E-state index contributed by atoms with van der Waals surface area (Å²) in [6, 6.07) is 19.9. The van der Waals surface area contributed by atoms with Crippen LogP contribution in [0.25, 0.3) is 0 Å². The number of hydrogen-bond acceptors (Lipinski definition) is 3. The Morgan fingerprint density at radius 3 is 1.69 bits per heavy atom. The number of halogens is 1. The minimum absolute atomic E-state index is 0.384. The largest absolute Gasteiger partial charge is 0.541 e. The lowest BCUT2D eigenvalue weighted by atomic mass is 10.2. The normalized spacial score (nSPS) is 11.0. The summed E-state index contributed by atoms with van der Waals surface area (Å²) in [7, 11) is -3.83. The second kappa shape index (κ2) is 7.63. The third kappa shape index (κ3) is 4.44. The van der Waals surface area contributed by atoms with E-state index in [1.165, 1.54) is 24.3 Å². The van der Waals surface area contributed by atoms with Crippen LogP contribution in [0.3, 0.4) is 0 Å². The molecule has 3 aromatic rings. The van der Waals surface area contributed by atoms with Gasteiger partial charge < -0.3 is 9.05 Å². The van der Waals surface area contributed by atoms with Crippen molar-refractivity contribution in [3.05, 3.63) is 89.7 Å². The van der Waals surface area contributed by atoms with E-state index in [0.29, 0.717) is 17.2 Å². The molecular formula is C20H19FNO3P. The van der Waals surface area contributed by atoms with Crippen molar-refractivity contribution in [3.8, 4) is 11.5 Å². The Morgan fingerprint density at radius 2 is 1.23 bits per heavy atom. The Morgan fingerprint density at radius 1 is 0.769 bits per heavy atom. The van der Waals surface area contributed by atoms with Crippen molar-refractivity contribution in [1.82, 2.24) is 0 Å². The van der Waals surface area contributed by atoms with Crippen LogP contribution in [0.15, 0.2) is 72.8 Å². The van der Waals surface area contributed by atoms with Gasteiger partial charge in [-0.05, 0) is 61.4 Å². The zero-order chi connectivity index (χ0) is 18.6. The van der Waals surface area contributed by atoms with Gasteiger partial charge in [-0.15, -0.1) is 0 Å². The minimum Gasteiger partial charge on any atom is -0.400 e. The molecule has 26 heavy (non-hydrogen) atoms. The van der Waals surface area contributed by atoms with E-state index in [4.69, 9.17) is 9.05 Å². The zero-order valence-corrected chi connectivity index (χ0v) is 15.4. The monoisotopic (exact) mass is 371 g/mol. The fourth-order valence-electron chi connectivity index (χ4n) is 2.32. The Hall–Kier alpha value is -2.78. The van der Waals surface area contributed by atoms with Crippen LogP contribution in [0.5, 0.6) is 11.5 Å². The Labute approximate surface area is 152 Å². The van der Waals surface area contributed by atoms with E-state index in [2.05, 4.69) is 5.09 Å². The average molecular weight is 371 g/mol. The van der Waals surface area contributed by atoms with Gasteiger partial charge in [-0.25, -0.2) is 8.96 Å². The molecule has 6 heteroatoms. The predicted molar refractivity (Wildman–Crippen MR) is 101 cm³/mol. The summed E-state index contributed by atoms with van der Waals surface area (Å²) in [6.45, 7) is 3.71. The first-order valence-electron chi connectivity index (χ1n) is 8.09. The van der Waals surface area contributed by atoms with E-state index in [9.17, 15) is 8.96 Å². The Kier molecular flexibility index (Phi) is 5.29. The minimum atomic E-state index is -3.83. The number of aryl methyl sites for hydroxylation is 2. The van der Waals surface area contributed by atoms with Gasteiger partial charge in [-0.1, -0.05) is 36.4 Å². The van der Waals surface area contributed by atoms with Crippen molar-refractivity contribution >= 4 is 13.4 Å². The standard InChI is InChI=1S/C20H19FNO3P/c1-15-7-3-5-9-19(15)24-26(23,22-18-13-11-17(21)12-14-18)25-20-10-6-4-8-16(20)2/h3-14H,1-2H3,(H,22,23). The molecule has 0 aromatic heterocycles. The quantitative estimate of drug-likeness (QED) is 0.530. The molecule has 0 atom stereocenters. The molecule has 4 nitrogen and oxygen atoms in total. The summed E-state index contributed by atoms with van der Waals surface area (Å²) in [5.74, 6) is 0.503. The van der Waals surface area contributed by atoms with E-state index in [-0.39, 0.29) is 5.82 Å². The molecule has 0 aliphatic heterocycles. The highest BCUT2D eigenvalue weighted by molar-refractivity contribution is 7.56. The first-order valence-corrected chi connectivity index (χ1v) is 9.64. The summed E-state index contributed by atoms with van der Waals surface area (Å²) in [4.78, 5) is 0. The van der Waals surface area contributed by atoms with E-state index in [0.717, 1.165) is 11.1 Å². The maximum absolute atomic E-state index is 13.5. The Balaban J connectivity index is 1.94. The lowest BCUT2D eigenvalue weighted by molar-refractivity contribution is 0.390. The van der Waals surface area contributed by atoms with Gasteiger partial charge in [0.25, 0.3) is 0 Å². The van der Waals surface area contributed by atoms with Gasteiger partial charge in [0, 0.05) is 5.69 Å². The van der Waals surface area contributed by atoms with Crippen molar-refractivity contribution in [2.24, 2.45) is 0 Å². The molecule has 0 bridgehead atoms. The van der Waals surface area contributed by atoms with Crippen LogP contribution in [0.2, 0.25) is 0 Å². The topological polar surface area (TPSA) is 47.6 Å². The van der Waals surface area contributed by atoms with E-state index in [1.54, 1.807) is 24.3 Å². The fourth-order valence-corrected chi connectivity index (χ4v) is 3.84. The van der Waals surface area contributed by atoms with Gasteiger partial charge in [0.2, 0.25) is 0 Å². The van der Waals surface area contributed by atoms with Gasteiger partial charge in [0.1, 0.15) is 17.3 Å². The first-order chi connectivity index (χ1) is 12.5. The van der Waals surface area contributed by atoms with Crippen molar-refractivity contribution in [2.75, 3.05) is 5.09 Å². The predicted octanol–water partition coefficient (Wildman–Crippen LogP) is 6.12. The molecule has 0 saturated heterocycles. The molecule has 134 valence electrons. The van der Waals surface area contributed by atoms with E-state index < -0.39 is 7.75 Å². The SMILES string of the molecule is Cc1ccccc1OP(=O)(Nc1ccc(F)cc1)Oc1ccccc1C. The van der Waals surface area contributed by atoms with Gasteiger partial charge in [-0.3, -0.25) is 5.09 Å². The van der Waals surface area contributed by atoms with Crippen molar-refractivity contribution < 1.29 is 18.0 Å².